The average molecular weight is 511 g/mol. The number of rotatable bonds is 9. The number of thiazole rings is 1. The molecule has 4 aromatic carbocycles. The van der Waals surface area contributed by atoms with E-state index >= 15 is 0 Å². The van der Waals surface area contributed by atoms with Crippen molar-refractivity contribution in [1.29, 1.82) is 0 Å². The zero-order chi connectivity index (χ0) is 25.5. The molecule has 0 bridgehead atoms. The maximum absolute atomic E-state index is 13.3. The topological polar surface area (TPSA) is 60.5 Å². The van der Waals surface area contributed by atoms with Crippen molar-refractivity contribution in [2.75, 3.05) is 0 Å². The van der Waals surface area contributed by atoms with Crippen molar-refractivity contribution in [2.45, 2.75) is 13.2 Å². The smallest absolute Gasteiger partial charge is 0.271 e. The Balaban J connectivity index is 1.16. The Morgan fingerprint density at radius 3 is 2.38 bits per heavy atom. The molecule has 184 valence electrons. The number of hydrogen-bond acceptors (Lipinski definition) is 5. The van der Waals surface area contributed by atoms with Gasteiger partial charge >= 0.3 is 0 Å². The summed E-state index contributed by atoms with van der Waals surface area (Å²) in [6, 6.07) is 30.9. The number of carbonyl (C=O) groups is 1. The maximum Gasteiger partial charge on any atom is 0.271 e. The van der Waals surface area contributed by atoms with Gasteiger partial charge in [0.05, 0.1) is 0 Å². The summed E-state index contributed by atoms with van der Waals surface area (Å²) in [7, 11) is 0. The quantitative estimate of drug-likeness (QED) is 0.227. The van der Waals surface area contributed by atoms with Crippen LogP contribution in [0.2, 0.25) is 0 Å². The minimum atomic E-state index is -0.286. The average Bonchev–Trinajstić information content (AvgIpc) is 3.42. The number of nitrogens with one attached hydrogen (secondary N) is 1. The number of aromatic nitrogens is 1. The second-order valence-corrected chi connectivity index (χ2v) is 9.08. The molecular formula is C30H23FN2O3S. The van der Waals surface area contributed by atoms with Crippen molar-refractivity contribution >= 4 is 17.2 Å². The van der Waals surface area contributed by atoms with E-state index in [2.05, 4.69) is 10.3 Å². The summed E-state index contributed by atoms with van der Waals surface area (Å²) in [6.45, 7) is 0.634. The van der Waals surface area contributed by atoms with Crippen LogP contribution in [0.15, 0.2) is 109 Å². The van der Waals surface area contributed by atoms with Gasteiger partial charge in [-0.25, -0.2) is 9.37 Å². The van der Waals surface area contributed by atoms with Gasteiger partial charge in [0.1, 0.15) is 40.4 Å². The van der Waals surface area contributed by atoms with Crippen molar-refractivity contribution in [3.63, 3.8) is 0 Å². The zero-order valence-corrected chi connectivity index (χ0v) is 20.6. The van der Waals surface area contributed by atoms with Crippen molar-refractivity contribution in [1.82, 2.24) is 10.3 Å². The second-order valence-electron chi connectivity index (χ2n) is 8.23. The molecule has 0 saturated carbocycles. The van der Waals surface area contributed by atoms with Gasteiger partial charge in [0.25, 0.3) is 5.91 Å². The molecule has 5 rings (SSSR count). The van der Waals surface area contributed by atoms with E-state index in [1.165, 1.54) is 23.5 Å². The molecule has 37 heavy (non-hydrogen) atoms. The largest absolute Gasteiger partial charge is 0.489 e. The van der Waals surface area contributed by atoms with E-state index in [1.807, 2.05) is 84.9 Å². The number of para-hydroxylation sites is 1. The van der Waals surface area contributed by atoms with E-state index < -0.39 is 0 Å². The summed E-state index contributed by atoms with van der Waals surface area (Å²) in [5, 5.41) is 5.40. The first-order chi connectivity index (χ1) is 18.1. The highest BCUT2D eigenvalue weighted by molar-refractivity contribution is 7.13. The maximum atomic E-state index is 13.3. The van der Waals surface area contributed by atoms with Crippen LogP contribution in [-0.4, -0.2) is 10.9 Å². The van der Waals surface area contributed by atoms with Crippen LogP contribution in [0.1, 0.15) is 21.6 Å². The number of amides is 1. The van der Waals surface area contributed by atoms with Gasteiger partial charge in [-0.3, -0.25) is 4.79 Å². The molecule has 0 unspecified atom stereocenters. The Labute approximate surface area is 218 Å². The number of ether oxygens (including phenoxy) is 2. The molecule has 1 amide bonds. The Kier molecular flexibility index (Phi) is 7.52. The van der Waals surface area contributed by atoms with Gasteiger partial charge in [0.15, 0.2) is 0 Å². The number of carbonyl (C=O) groups excluding carboxylic acids is 1. The fourth-order valence-electron chi connectivity index (χ4n) is 3.61. The summed E-state index contributed by atoms with van der Waals surface area (Å²) in [6.07, 6.45) is 0. The Morgan fingerprint density at radius 1 is 0.811 bits per heavy atom. The molecule has 5 aromatic rings. The van der Waals surface area contributed by atoms with Gasteiger partial charge < -0.3 is 14.8 Å². The molecule has 5 nitrogen and oxygen atoms in total. The molecule has 0 aliphatic carbocycles. The normalized spacial score (nSPS) is 10.6. The van der Waals surface area contributed by atoms with Crippen molar-refractivity contribution < 1.29 is 18.7 Å². The van der Waals surface area contributed by atoms with E-state index in [0.29, 0.717) is 23.7 Å². The highest BCUT2D eigenvalue weighted by Gasteiger charge is 2.12. The van der Waals surface area contributed by atoms with Crippen LogP contribution in [0, 0.1) is 5.82 Å². The van der Waals surface area contributed by atoms with Gasteiger partial charge in [-0.2, -0.15) is 0 Å². The number of hydrogen-bond donors (Lipinski definition) is 1. The number of halogens is 1. The second kappa shape index (κ2) is 11.5. The lowest BCUT2D eigenvalue weighted by molar-refractivity contribution is 0.0946. The standard InChI is InChI=1S/C30H23FN2O3S/c31-24-8-4-7-22(16-24)19-35-25-14-12-23(13-15-25)30-33-28(20-37-30)29(34)32-18-21-6-5-11-27(17-21)36-26-9-2-1-3-10-26/h1-17,20H,18-19H2,(H,32,34). The van der Waals surface area contributed by atoms with E-state index in [1.54, 1.807) is 11.4 Å². The highest BCUT2D eigenvalue weighted by Crippen LogP contribution is 2.26. The number of benzene rings is 4. The third-order valence-corrected chi connectivity index (χ3v) is 6.35. The molecule has 0 atom stereocenters. The van der Waals surface area contributed by atoms with Crippen LogP contribution in [0.3, 0.4) is 0 Å². The van der Waals surface area contributed by atoms with E-state index in [0.717, 1.165) is 27.4 Å². The number of nitrogens with zero attached hydrogens (tertiary/aromatic N) is 1. The van der Waals surface area contributed by atoms with Crippen molar-refractivity contribution in [3.8, 4) is 27.8 Å². The molecule has 7 heteroatoms. The van der Waals surface area contributed by atoms with Crippen LogP contribution < -0.4 is 14.8 Å². The fraction of sp³-hybridized carbons (Fsp3) is 0.0667. The monoisotopic (exact) mass is 510 g/mol. The van der Waals surface area contributed by atoms with Gasteiger partial charge in [-0.05, 0) is 71.8 Å². The Hall–Kier alpha value is -4.49. The lowest BCUT2D eigenvalue weighted by Crippen LogP contribution is -2.23. The first-order valence-corrected chi connectivity index (χ1v) is 12.5. The predicted molar refractivity (Wildman–Crippen MR) is 142 cm³/mol. The molecule has 0 fully saturated rings. The van der Waals surface area contributed by atoms with Crippen molar-refractivity contribution in [2.24, 2.45) is 0 Å². The van der Waals surface area contributed by atoms with Crippen LogP contribution in [0.5, 0.6) is 17.2 Å². The first kappa shape index (κ1) is 24.2. The van der Waals surface area contributed by atoms with Crippen LogP contribution in [0.25, 0.3) is 10.6 Å². The lowest BCUT2D eigenvalue weighted by atomic mass is 10.2. The van der Waals surface area contributed by atoms with E-state index in [4.69, 9.17) is 9.47 Å². The molecule has 1 aromatic heterocycles. The predicted octanol–water partition coefficient (Wildman–Crippen LogP) is 7.25. The third kappa shape index (κ3) is 6.59. The fourth-order valence-corrected chi connectivity index (χ4v) is 4.42. The minimum absolute atomic E-state index is 0.244. The van der Waals surface area contributed by atoms with E-state index in [9.17, 15) is 9.18 Å². The van der Waals surface area contributed by atoms with Crippen LogP contribution in [-0.2, 0) is 13.2 Å². The van der Waals surface area contributed by atoms with Crippen molar-refractivity contribution in [3.05, 3.63) is 131 Å². The Morgan fingerprint density at radius 2 is 1.57 bits per heavy atom. The molecule has 1 N–H and O–H groups in total. The molecule has 0 aliphatic rings. The SMILES string of the molecule is O=C(NCc1cccc(Oc2ccccc2)c1)c1csc(-c2ccc(OCc3cccc(F)c3)cc2)n1. The van der Waals surface area contributed by atoms with Gasteiger partial charge in [-0.1, -0.05) is 42.5 Å². The molecule has 0 spiro atoms. The summed E-state index contributed by atoms with van der Waals surface area (Å²) in [4.78, 5) is 17.2. The van der Waals surface area contributed by atoms with Crippen LogP contribution >= 0.6 is 11.3 Å². The molecule has 0 aliphatic heterocycles. The summed E-state index contributed by atoms with van der Waals surface area (Å²) in [5.41, 5.74) is 2.93. The first-order valence-electron chi connectivity index (χ1n) is 11.7. The summed E-state index contributed by atoms with van der Waals surface area (Å²) >= 11 is 1.40. The van der Waals surface area contributed by atoms with Gasteiger partial charge in [0.2, 0.25) is 0 Å². The third-order valence-electron chi connectivity index (χ3n) is 5.46. The molecule has 0 saturated heterocycles. The van der Waals surface area contributed by atoms with Gasteiger partial charge in [-0.15, -0.1) is 11.3 Å². The molecule has 0 radical (unpaired) electrons. The molecular weight excluding hydrogens is 487 g/mol. The molecule has 1 heterocycles. The summed E-state index contributed by atoms with van der Waals surface area (Å²) in [5.74, 6) is 1.60. The van der Waals surface area contributed by atoms with Crippen LogP contribution in [0.4, 0.5) is 4.39 Å². The summed E-state index contributed by atoms with van der Waals surface area (Å²) < 4.78 is 24.9. The lowest BCUT2D eigenvalue weighted by Gasteiger charge is -2.08. The van der Waals surface area contributed by atoms with Gasteiger partial charge in [0, 0.05) is 17.5 Å². The van der Waals surface area contributed by atoms with E-state index in [-0.39, 0.29) is 18.3 Å². The minimum Gasteiger partial charge on any atom is -0.489 e. The highest BCUT2D eigenvalue weighted by atomic mass is 32.1. The Bertz CT molecular complexity index is 1490. The zero-order valence-electron chi connectivity index (χ0n) is 19.8.